The summed E-state index contributed by atoms with van der Waals surface area (Å²) in [5.41, 5.74) is 1.58. The minimum Gasteiger partial charge on any atom is -0.329 e. The first-order valence-electron chi connectivity index (χ1n) is 10.3. The number of aromatic nitrogens is 3. The lowest BCUT2D eigenvalue weighted by Gasteiger charge is -2.34. The highest BCUT2D eigenvalue weighted by atomic mass is 32.2. The first-order chi connectivity index (χ1) is 15.2. The molecule has 12 heteroatoms. The third-order valence-electron chi connectivity index (χ3n) is 5.63. The van der Waals surface area contributed by atoms with Gasteiger partial charge >= 0.3 is 0 Å². The third kappa shape index (κ3) is 4.86. The van der Waals surface area contributed by atoms with Gasteiger partial charge in [0.05, 0.1) is 36.5 Å². The molecule has 0 radical (unpaired) electrons. The minimum absolute atomic E-state index is 0.0253. The van der Waals surface area contributed by atoms with Crippen LogP contribution in [0.25, 0.3) is 5.69 Å². The van der Waals surface area contributed by atoms with Crippen LogP contribution < -0.4 is 0 Å². The number of hydrogen-bond acceptors (Lipinski definition) is 8. The van der Waals surface area contributed by atoms with Crippen LogP contribution in [0.15, 0.2) is 30.5 Å². The summed E-state index contributed by atoms with van der Waals surface area (Å²) in [6.07, 6.45) is 2.16. The van der Waals surface area contributed by atoms with Crippen molar-refractivity contribution in [1.82, 2.24) is 29.9 Å². The standard InChI is InChI=1S/C20H24N6O5S/c1-23(25-7-9-32(30,31)10-8-25)20(29)15-3-2-4-17(11-15)26-13-16(21-22-26)12-24-14-18(27)5-6-19(24)28/h2-4,11,13H,5-10,12,14H2,1H3. The van der Waals surface area contributed by atoms with Crippen LogP contribution in [0.4, 0.5) is 0 Å². The van der Waals surface area contributed by atoms with Crippen LogP contribution in [-0.4, -0.2) is 94.1 Å². The van der Waals surface area contributed by atoms with Gasteiger partial charge in [0.25, 0.3) is 5.91 Å². The molecular weight excluding hydrogens is 436 g/mol. The van der Waals surface area contributed by atoms with Gasteiger partial charge in [0.1, 0.15) is 5.69 Å². The lowest BCUT2D eigenvalue weighted by Crippen LogP contribution is -2.51. The molecule has 11 nitrogen and oxygen atoms in total. The highest BCUT2D eigenvalue weighted by Crippen LogP contribution is 2.16. The number of ketones is 1. The number of amides is 2. The van der Waals surface area contributed by atoms with Gasteiger partial charge in [-0.3, -0.25) is 19.4 Å². The van der Waals surface area contributed by atoms with E-state index in [4.69, 9.17) is 0 Å². The van der Waals surface area contributed by atoms with Gasteiger partial charge in [0, 0.05) is 38.5 Å². The maximum atomic E-state index is 12.9. The monoisotopic (exact) mass is 460 g/mol. The Labute approximate surface area is 185 Å². The van der Waals surface area contributed by atoms with Gasteiger partial charge in [-0.15, -0.1) is 5.10 Å². The lowest BCUT2D eigenvalue weighted by molar-refractivity contribution is -0.140. The molecule has 0 saturated carbocycles. The number of nitrogens with zero attached hydrogens (tertiary/aromatic N) is 6. The number of hydrogen-bond donors (Lipinski definition) is 0. The molecule has 4 rings (SSSR count). The Balaban J connectivity index is 1.45. The highest BCUT2D eigenvalue weighted by molar-refractivity contribution is 7.91. The van der Waals surface area contributed by atoms with Gasteiger partial charge < -0.3 is 4.90 Å². The first kappa shape index (κ1) is 22.1. The SMILES string of the molecule is CN(C(=O)c1cccc(-n2cc(CN3CC(=O)CCC3=O)nn2)c1)N1CCS(=O)(=O)CC1. The summed E-state index contributed by atoms with van der Waals surface area (Å²) in [5, 5.41) is 11.3. The molecule has 1 aromatic carbocycles. The molecule has 2 aliphatic rings. The Kier molecular flexibility index (Phi) is 6.07. The predicted octanol–water partition coefficient (Wildman–Crippen LogP) is -0.324. The zero-order chi connectivity index (χ0) is 22.9. The summed E-state index contributed by atoms with van der Waals surface area (Å²) in [5.74, 6) is -0.266. The summed E-state index contributed by atoms with van der Waals surface area (Å²) in [6.45, 7) is 0.826. The smallest absolute Gasteiger partial charge is 0.267 e. The number of hydrazine groups is 1. The fraction of sp³-hybridized carbons (Fsp3) is 0.450. The summed E-state index contributed by atoms with van der Waals surface area (Å²) in [4.78, 5) is 38.0. The van der Waals surface area contributed by atoms with E-state index < -0.39 is 9.84 Å². The molecule has 0 atom stereocenters. The highest BCUT2D eigenvalue weighted by Gasteiger charge is 2.27. The number of Topliss-reactive ketones (excluding diaryl/α,β-unsaturated/α-hetero) is 1. The van der Waals surface area contributed by atoms with Crippen LogP contribution in [0.2, 0.25) is 0 Å². The molecule has 0 aliphatic carbocycles. The van der Waals surface area contributed by atoms with Crippen LogP contribution in [0.3, 0.4) is 0 Å². The second-order valence-electron chi connectivity index (χ2n) is 7.93. The normalized spacial score (nSPS) is 19.2. The van der Waals surface area contributed by atoms with Crippen molar-refractivity contribution in [3.8, 4) is 5.69 Å². The van der Waals surface area contributed by atoms with Crippen molar-refractivity contribution in [3.63, 3.8) is 0 Å². The molecule has 2 aliphatic heterocycles. The summed E-state index contributed by atoms with van der Waals surface area (Å²) in [6, 6.07) is 6.86. The zero-order valence-corrected chi connectivity index (χ0v) is 18.5. The maximum absolute atomic E-state index is 12.9. The average molecular weight is 461 g/mol. The van der Waals surface area contributed by atoms with Crippen LogP contribution >= 0.6 is 0 Å². The molecule has 2 saturated heterocycles. The van der Waals surface area contributed by atoms with Crippen molar-refractivity contribution in [3.05, 3.63) is 41.7 Å². The van der Waals surface area contributed by atoms with Gasteiger partial charge in [0.15, 0.2) is 15.6 Å². The molecular formula is C20H24N6O5S. The Morgan fingerprint density at radius 3 is 2.66 bits per heavy atom. The van der Waals surface area contributed by atoms with Gasteiger partial charge in [-0.1, -0.05) is 11.3 Å². The molecule has 0 unspecified atom stereocenters. The van der Waals surface area contributed by atoms with Crippen molar-refractivity contribution in [1.29, 1.82) is 0 Å². The predicted molar refractivity (Wildman–Crippen MR) is 113 cm³/mol. The molecule has 32 heavy (non-hydrogen) atoms. The number of carbonyl (C=O) groups is 3. The number of rotatable bonds is 5. The van der Waals surface area contributed by atoms with Gasteiger partial charge in [0.2, 0.25) is 5.91 Å². The molecule has 0 spiro atoms. The van der Waals surface area contributed by atoms with E-state index in [2.05, 4.69) is 10.3 Å². The van der Waals surface area contributed by atoms with Gasteiger partial charge in [-0.05, 0) is 18.2 Å². The van der Waals surface area contributed by atoms with Crippen molar-refractivity contribution in [2.24, 2.45) is 0 Å². The molecule has 170 valence electrons. The summed E-state index contributed by atoms with van der Waals surface area (Å²) < 4.78 is 24.8. The fourth-order valence-corrected chi connectivity index (χ4v) is 4.90. The quantitative estimate of drug-likeness (QED) is 0.594. The van der Waals surface area contributed by atoms with Crippen LogP contribution in [-0.2, 0) is 26.0 Å². The number of piperidine rings is 1. The Morgan fingerprint density at radius 2 is 1.91 bits per heavy atom. The number of benzene rings is 1. The number of sulfone groups is 1. The van der Waals surface area contributed by atoms with Gasteiger partial charge in [-0.25, -0.2) is 18.1 Å². The van der Waals surface area contributed by atoms with Crippen LogP contribution in [0.1, 0.15) is 28.9 Å². The Bertz CT molecular complexity index is 1150. The first-order valence-corrected chi connectivity index (χ1v) is 12.1. The topological polar surface area (TPSA) is 126 Å². The van der Waals surface area contributed by atoms with E-state index in [1.54, 1.807) is 42.5 Å². The number of likely N-dealkylation sites (tertiary alicyclic amines) is 1. The van der Waals surface area contributed by atoms with E-state index in [-0.39, 0.29) is 68.1 Å². The largest absolute Gasteiger partial charge is 0.329 e. The van der Waals surface area contributed by atoms with Gasteiger partial charge in [-0.2, -0.15) is 0 Å². The summed E-state index contributed by atoms with van der Waals surface area (Å²) in [7, 11) is -1.42. The van der Waals surface area contributed by atoms with E-state index >= 15 is 0 Å². The third-order valence-corrected chi connectivity index (χ3v) is 7.24. The van der Waals surface area contributed by atoms with Crippen molar-refractivity contribution in [2.75, 3.05) is 38.2 Å². The van der Waals surface area contributed by atoms with E-state index in [0.717, 1.165) is 0 Å². The lowest BCUT2D eigenvalue weighted by atomic mass is 10.1. The fourth-order valence-electron chi connectivity index (χ4n) is 3.72. The van der Waals surface area contributed by atoms with Crippen LogP contribution in [0, 0.1) is 0 Å². The summed E-state index contributed by atoms with van der Waals surface area (Å²) >= 11 is 0. The second-order valence-corrected chi connectivity index (χ2v) is 10.2. The zero-order valence-electron chi connectivity index (χ0n) is 17.7. The van der Waals surface area contributed by atoms with Crippen molar-refractivity contribution >= 4 is 27.4 Å². The number of carbonyl (C=O) groups excluding carboxylic acids is 3. The second kappa shape index (κ2) is 8.79. The minimum atomic E-state index is -3.04. The Morgan fingerprint density at radius 1 is 1.16 bits per heavy atom. The molecule has 2 aromatic rings. The van der Waals surface area contributed by atoms with E-state index in [0.29, 0.717) is 16.9 Å². The molecule has 2 amide bonds. The van der Waals surface area contributed by atoms with Crippen molar-refractivity contribution < 1.29 is 22.8 Å². The molecule has 2 fully saturated rings. The van der Waals surface area contributed by atoms with E-state index in [1.165, 1.54) is 14.6 Å². The van der Waals surface area contributed by atoms with Crippen molar-refractivity contribution in [2.45, 2.75) is 19.4 Å². The molecule has 0 N–H and O–H groups in total. The maximum Gasteiger partial charge on any atom is 0.267 e. The van der Waals surface area contributed by atoms with E-state index in [9.17, 15) is 22.8 Å². The molecule has 1 aromatic heterocycles. The Hall–Kier alpha value is -3.12. The van der Waals surface area contributed by atoms with E-state index in [1.807, 2.05) is 0 Å². The average Bonchev–Trinajstić information content (AvgIpc) is 3.24. The van der Waals surface area contributed by atoms with Crippen LogP contribution in [0.5, 0.6) is 0 Å². The molecule has 3 heterocycles. The molecule has 0 bridgehead atoms.